The molecule has 4 atom stereocenters. The normalized spacial score (nSPS) is 15.3. The smallest absolute Gasteiger partial charge is 0.381 e. The first-order valence-electron chi connectivity index (χ1n) is 21.3. The van der Waals surface area contributed by atoms with E-state index in [4.69, 9.17) is 18.9 Å². The molecule has 0 spiro atoms. The zero-order chi connectivity index (χ0) is 59.0. The molecular formula is C52H92F16N2O12. The van der Waals surface area contributed by atoms with Crippen molar-refractivity contribution in [3.8, 4) is 0 Å². The summed E-state index contributed by atoms with van der Waals surface area (Å²) in [6, 6.07) is 0. The fraction of sp³-hybridized carbons (Fsp3) is 0.769. The summed E-state index contributed by atoms with van der Waals surface area (Å²) in [5, 5.41) is 0. The van der Waals surface area contributed by atoms with Gasteiger partial charge < -0.3 is 38.2 Å². The van der Waals surface area contributed by atoms with E-state index in [-0.39, 0.29) is 96.5 Å². The Labute approximate surface area is 474 Å². The molecule has 4 unspecified atom stereocenters. The van der Waals surface area contributed by atoms with E-state index in [1.165, 1.54) is 43.8 Å². The number of hydrogen-bond acceptors (Lipinski definition) is 12. The van der Waals surface area contributed by atoms with Gasteiger partial charge in [-0.3, -0.25) is 19.2 Å². The Bertz CT molecular complexity index is 1950. The van der Waals surface area contributed by atoms with Crippen LogP contribution in [0.15, 0.2) is 37.0 Å². The molecular weight excluding hydrogens is 1150 g/mol. The lowest BCUT2D eigenvalue weighted by atomic mass is 9.69. The summed E-state index contributed by atoms with van der Waals surface area (Å²) >= 11 is 0. The van der Waals surface area contributed by atoms with Crippen molar-refractivity contribution < 1.29 is 127 Å². The first kappa shape index (κ1) is 98.9. The maximum absolute atomic E-state index is 14.0. The standard InChI is InChI=1S/C23H33F8NO6.C9H8F8O2.C7H10O3.C5H9NO.8CH4/c1-7-13(15(33)32(5)6)8-20(4,11-19(2,3)17(34)37-10-14-9-36-14)18(35)38-12-21(26,27)23(30,31)22(28,29)16(24)25;1-4(2)5(18)19-3-7(12,13)9(16,17)8(14,15)6(10)11;1-5(2)7(8)10-4-6-3-9-6;1-4-5(7)6(2)3;;;;;;;;/h13-14,16H,7-12H2,1-6H3;6H,1,3H2,2H3;6H,1,3-4H2,2H3;4H,1H2,2-3H3;8*1H4. The number of carbonyl (C=O) groups is 6. The molecule has 0 aliphatic carbocycles. The molecule has 2 heterocycles. The summed E-state index contributed by atoms with van der Waals surface area (Å²) in [6.07, 6.45) is -9.78. The molecule has 0 radical (unpaired) electrons. The van der Waals surface area contributed by atoms with Gasteiger partial charge in [-0.1, -0.05) is 86.1 Å². The lowest BCUT2D eigenvalue weighted by molar-refractivity contribution is -0.344. The third kappa shape index (κ3) is 29.4. The Morgan fingerprint density at radius 2 is 0.902 bits per heavy atom. The van der Waals surface area contributed by atoms with E-state index in [1.807, 2.05) is 0 Å². The van der Waals surface area contributed by atoms with E-state index in [1.54, 1.807) is 27.9 Å². The van der Waals surface area contributed by atoms with Crippen LogP contribution in [0.2, 0.25) is 0 Å². The number of halogens is 16. The number of nitrogens with zero attached hydrogens (tertiary/aromatic N) is 2. The van der Waals surface area contributed by atoms with Crippen LogP contribution in [0.5, 0.6) is 0 Å². The predicted molar refractivity (Wildman–Crippen MR) is 281 cm³/mol. The number of epoxide rings is 2. The highest BCUT2D eigenvalue weighted by molar-refractivity contribution is 5.87. The molecule has 30 heteroatoms. The Hall–Kier alpha value is -5.16. The molecule has 0 aromatic carbocycles. The molecule has 2 saturated heterocycles. The monoisotopic (exact) mass is 1240 g/mol. The lowest BCUT2D eigenvalue weighted by Crippen LogP contribution is -2.59. The molecule has 0 aromatic rings. The SMILES string of the molecule is C.C.C.C.C.C.C.C.C=C(C)C(=O)OCC(F)(F)C(F)(F)C(F)(F)C(F)F.C=C(C)C(=O)OCC1CO1.C=CC(=O)N(C)C.CCC(CC(C)(CC(C)(C)C(=O)OCC1CO1)C(=O)OCC(F)(F)C(F)(F)C(F)(F)C(F)F)C(=O)N(C)C. The Morgan fingerprint density at radius 1 is 0.573 bits per heavy atom. The summed E-state index contributed by atoms with van der Waals surface area (Å²) in [4.78, 5) is 72.6. The van der Waals surface area contributed by atoms with Crippen molar-refractivity contribution in [2.75, 3.05) is 67.8 Å². The van der Waals surface area contributed by atoms with Gasteiger partial charge in [0.15, 0.2) is 13.2 Å². The van der Waals surface area contributed by atoms with Crippen LogP contribution in [0, 0.1) is 16.7 Å². The van der Waals surface area contributed by atoms with Crippen LogP contribution in [0.3, 0.4) is 0 Å². The predicted octanol–water partition coefficient (Wildman–Crippen LogP) is 13.7. The number of carbonyl (C=O) groups excluding carboxylic acids is 6. The van der Waals surface area contributed by atoms with Crippen molar-refractivity contribution in [3.63, 3.8) is 0 Å². The average Bonchev–Trinajstić information content (AvgIpc) is 4.23. The molecule has 2 fully saturated rings. The van der Waals surface area contributed by atoms with Crippen LogP contribution in [-0.2, 0) is 57.2 Å². The van der Waals surface area contributed by atoms with E-state index in [0.717, 1.165) is 13.8 Å². The van der Waals surface area contributed by atoms with Crippen LogP contribution in [0.1, 0.15) is 120 Å². The number of rotatable bonds is 25. The Morgan fingerprint density at radius 3 is 1.17 bits per heavy atom. The van der Waals surface area contributed by atoms with Crippen molar-refractivity contribution in [2.24, 2.45) is 16.7 Å². The second-order valence-corrected chi connectivity index (χ2v) is 17.8. The molecule has 0 bridgehead atoms. The number of alkyl halides is 16. The fourth-order valence-corrected chi connectivity index (χ4v) is 5.31. The molecule has 14 nitrogen and oxygen atoms in total. The molecule has 2 aliphatic heterocycles. The molecule has 2 amide bonds. The topological polar surface area (TPSA) is 171 Å². The minimum Gasteiger partial charge on any atom is -0.462 e. The van der Waals surface area contributed by atoms with Gasteiger partial charge in [-0.05, 0) is 60.0 Å². The van der Waals surface area contributed by atoms with Gasteiger partial charge in [0.2, 0.25) is 11.8 Å². The molecule has 0 aromatic heterocycles. The lowest BCUT2D eigenvalue weighted by Gasteiger charge is -2.37. The number of likely N-dealkylation sites (N-methyl/N-ethyl adjacent to an activating group) is 1. The van der Waals surface area contributed by atoms with Crippen LogP contribution in [-0.4, -0.2) is 174 Å². The van der Waals surface area contributed by atoms with Crippen molar-refractivity contribution >= 4 is 35.7 Å². The van der Waals surface area contributed by atoms with Crippen LogP contribution < -0.4 is 0 Å². The van der Waals surface area contributed by atoms with E-state index in [2.05, 4.69) is 29.2 Å². The molecule has 494 valence electrons. The Kier molecular flexibility index (Phi) is 47.5. The summed E-state index contributed by atoms with van der Waals surface area (Å²) in [6.45, 7) is 13.9. The van der Waals surface area contributed by atoms with Crippen LogP contribution in [0.25, 0.3) is 0 Å². The third-order valence-corrected chi connectivity index (χ3v) is 9.85. The molecule has 2 aliphatic rings. The fourth-order valence-electron chi connectivity index (χ4n) is 5.31. The second kappa shape index (κ2) is 39.4. The summed E-state index contributed by atoms with van der Waals surface area (Å²) in [5.41, 5.74) is -3.50. The number of ether oxygens (including phenoxy) is 6. The highest BCUT2D eigenvalue weighted by atomic mass is 19.4. The van der Waals surface area contributed by atoms with E-state index in [0.29, 0.717) is 25.4 Å². The zero-order valence-corrected chi connectivity index (χ0v) is 41.8. The van der Waals surface area contributed by atoms with Gasteiger partial charge in [-0.25, -0.2) is 27.2 Å². The average molecular weight is 1240 g/mol. The molecule has 0 N–H and O–H groups in total. The van der Waals surface area contributed by atoms with Gasteiger partial charge in [0.1, 0.15) is 25.4 Å². The summed E-state index contributed by atoms with van der Waals surface area (Å²) in [5.74, 6) is -43.0. The molecule has 2 rings (SSSR count). The van der Waals surface area contributed by atoms with Gasteiger partial charge in [-0.15, -0.1) is 0 Å². The number of esters is 4. The third-order valence-electron chi connectivity index (χ3n) is 9.85. The summed E-state index contributed by atoms with van der Waals surface area (Å²) in [7, 11) is 6.19. The maximum atomic E-state index is 14.0. The molecule has 82 heavy (non-hydrogen) atoms. The van der Waals surface area contributed by atoms with Gasteiger partial charge in [0, 0.05) is 45.3 Å². The number of amides is 2. The first-order valence-corrected chi connectivity index (χ1v) is 21.3. The van der Waals surface area contributed by atoms with E-state index < -0.39 is 121 Å². The van der Waals surface area contributed by atoms with E-state index >= 15 is 0 Å². The largest absolute Gasteiger partial charge is 0.462 e. The number of hydrogen-bond donors (Lipinski definition) is 0. The van der Waals surface area contributed by atoms with Crippen molar-refractivity contribution in [1.29, 1.82) is 0 Å². The quantitative estimate of drug-likeness (QED) is 0.0279. The Balaban J connectivity index is -0.000000123. The minimum atomic E-state index is -6.56. The first-order chi connectivity index (χ1) is 33.2. The second-order valence-electron chi connectivity index (χ2n) is 17.8. The van der Waals surface area contributed by atoms with Crippen LogP contribution >= 0.6 is 0 Å². The van der Waals surface area contributed by atoms with Gasteiger partial charge in [0.05, 0.1) is 24.0 Å². The van der Waals surface area contributed by atoms with Crippen molar-refractivity contribution in [2.45, 2.75) is 181 Å². The van der Waals surface area contributed by atoms with Gasteiger partial charge in [0.25, 0.3) is 0 Å². The highest BCUT2D eigenvalue weighted by Crippen LogP contribution is 2.50. The van der Waals surface area contributed by atoms with E-state index in [9.17, 15) is 99.0 Å². The van der Waals surface area contributed by atoms with Crippen molar-refractivity contribution in [1.82, 2.24) is 9.80 Å². The molecule has 0 saturated carbocycles. The highest BCUT2D eigenvalue weighted by Gasteiger charge is 2.77. The zero-order valence-electron chi connectivity index (χ0n) is 41.8. The van der Waals surface area contributed by atoms with Gasteiger partial charge in [-0.2, -0.15) is 52.7 Å². The van der Waals surface area contributed by atoms with Gasteiger partial charge >= 0.3 is 72.3 Å². The summed E-state index contributed by atoms with van der Waals surface area (Å²) < 4.78 is 233. The van der Waals surface area contributed by atoms with Crippen molar-refractivity contribution in [3.05, 3.63) is 37.0 Å². The van der Waals surface area contributed by atoms with Crippen LogP contribution in [0.4, 0.5) is 70.2 Å². The minimum absolute atomic E-state index is 0. The maximum Gasteiger partial charge on any atom is 0.381 e.